The second-order valence-corrected chi connectivity index (χ2v) is 4.68. The largest absolute Gasteiger partial charge is 0.496 e. The molecule has 0 unspecified atom stereocenters. The lowest BCUT2D eigenvalue weighted by atomic mass is 9.87. The molecule has 5 nitrogen and oxygen atoms in total. The van der Waals surface area contributed by atoms with Gasteiger partial charge in [0.15, 0.2) is 0 Å². The van der Waals surface area contributed by atoms with Crippen molar-refractivity contribution in [2.24, 2.45) is 0 Å². The monoisotopic (exact) mass is 298 g/mol. The maximum atomic E-state index is 12.3. The zero-order valence-corrected chi connectivity index (χ0v) is 11.4. The average Bonchev–Trinajstić information content (AvgIpc) is 3.27. The Kier molecular flexibility index (Phi) is 5.00. The molecule has 0 heterocycles. The number of benzene rings is 1. The number of nitrogens with one attached hydrogen (secondary N) is 1. The zero-order valence-electron chi connectivity index (χ0n) is 11.4. The number of rotatable bonds is 7. The normalized spacial score (nSPS) is 14.0. The summed E-state index contributed by atoms with van der Waals surface area (Å²) in [6.07, 6.45) is -0.884. The predicted octanol–water partition coefficient (Wildman–Crippen LogP) is 0.468. The molecule has 0 aliphatic heterocycles. The third-order valence-electron chi connectivity index (χ3n) is 2.96. The second-order valence-electron chi connectivity index (χ2n) is 4.68. The summed E-state index contributed by atoms with van der Waals surface area (Å²) in [4.78, 5) is 12.2. The molecule has 113 valence electrons. The number of hydrogen-bond donors (Lipinski definition) is 2. The van der Waals surface area contributed by atoms with Gasteiger partial charge in [0, 0.05) is 6.04 Å². The Morgan fingerprint density at radius 2 is 2.14 bits per heavy atom. The Balaban J connectivity index is 2.33. The number of carbonyl (C=O) groups excluding carboxylic acids is 1. The van der Waals surface area contributed by atoms with E-state index in [1.807, 2.05) is 0 Å². The fourth-order valence-electron chi connectivity index (χ4n) is 1.82. The summed E-state index contributed by atoms with van der Waals surface area (Å²) >= 11 is 0. The number of alkyl halides is 2. The van der Waals surface area contributed by atoms with Gasteiger partial charge >= 0.3 is 7.48 Å². The van der Waals surface area contributed by atoms with E-state index in [-0.39, 0.29) is 23.1 Å². The number of halogens is 2. The molecule has 2 rings (SSSR count). The highest BCUT2D eigenvalue weighted by atomic mass is 19.3. The molecule has 1 fully saturated rings. The van der Waals surface area contributed by atoms with Crippen LogP contribution >= 0.6 is 0 Å². The Hall–Kier alpha value is -1.83. The lowest BCUT2D eigenvalue weighted by Gasteiger charge is -2.16. The lowest BCUT2D eigenvalue weighted by molar-refractivity contribution is 0.0792. The molecule has 1 aromatic rings. The molecular formula is C13H15BF2NO4. The van der Waals surface area contributed by atoms with Crippen molar-refractivity contribution in [1.82, 2.24) is 5.32 Å². The highest BCUT2D eigenvalue weighted by molar-refractivity contribution is 6.45. The van der Waals surface area contributed by atoms with E-state index in [1.165, 1.54) is 19.2 Å². The maximum Gasteiger partial charge on any atom is 0.327 e. The van der Waals surface area contributed by atoms with Crippen LogP contribution in [0, 0.1) is 0 Å². The van der Waals surface area contributed by atoms with Crippen LogP contribution in [-0.2, 0) is 0 Å². The van der Waals surface area contributed by atoms with Crippen molar-refractivity contribution >= 4 is 18.9 Å². The van der Waals surface area contributed by atoms with Crippen molar-refractivity contribution < 1.29 is 28.1 Å². The van der Waals surface area contributed by atoms with Gasteiger partial charge in [0.1, 0.15) is 23.7 Å². The lowest BCUT2D eigenvalue weighted by Crippen LogP contribution is -2.28. The Labute approximate surface area is 121 Å². The van der Waals surface area contributed by atoms with Crippen LogP contribution in [0.4, 0.5) is 8.78 Å². The number of carbonyl (C=O) groups is 1. The van der Waals surface area contributed by atoms with Crippen molar-refractivity contribution in [1.29, 1.82) is 0 Å². The fourth-order valence-corrected chi connectivity index (χ4v) is 1.82. The van der Waals surface area contributed by atoms with Crippen LogP contribution in [0.2, 0.25) is 0 Å². The summed E-state index contributed by atoms with van der Waals surface area (Å²) in [5.41, 5.74) is 0.342. The molecular weight excluding hydrogens is 283 g/mol. The minimum Gasteiger partial charge on any atom is -0.496 e. The SMILES string of the molecule is COc1cc([B]O)cc(OCC(F)F)c1C(=O)NC1CC1. The topological polar surface area (TPSA) is 67.8 Å². The maximum absolute atomic E-state index is 12.3. The molecule has 1 aliphatic rings. The van der Waals surface area contributed by atoms with Gasteiger partial charge in [-0.05, 0) is 30.4 Å². The number of ether oxygens (including phenoxy) is 2. The Morgan fingerprint density at radius 1 is 1.48 bits per heavy atom. The van der Waals surface area contributed by atoms with E-state index in [4.69, 9.17) is 14.5 Å². The second kappa shape index (κ2) is 6.75. The molecule has 1 saturated carbocycles. The van der Waals surface area contributed by atoms with Gasteiger partial charge in [-0.3, -0.25) is 4.79 Å². The molecule has 21 heavy (non-hydrogen) atoms. The molecule has 0 atom stereocenters. The molecule has 0 saturated heterocycles. The van der Waals surface area contributed by atoms with Gasteiger partial charge in [-0.15, -0.1) is 0 Å². The van der Waals surface area contributed by atoms with E-state index in [1.54, 1.807) is 0 Å². The summed E-state index contributed by atoms with van der Waals surface area (Å²) in [6, 6.07) is 2.85. The third-order valence-corrected chi connectivity index (χ3v) is 2.96. The molecule has 2 N–H and O–H groups in total. The first kappa shape index (κ1) is 15.6. The molecule has 0 bridgehead atoms. The molecule has 0 spiro atoms. The summed E-state index contributed by atoms with van der Waals surface area (Å²) in [5, 5.41) is 11.8. The number of amides is 1. The molecule has 1 radical (unpaired) electrons. The van der Waals surface area contributed by atoms with E-state index in [9.17, 15) is 13.6 Å². The highest BCUT2D eigenvalue weighted by Crippen LogP contribution is 2.29. The van der Waals surface area contributed by atoms with E-state index in [0.717, 1.165) is 20.3 Å². The first-order valence-corrected chi connectivity index (χ1v) is 6.46. The van der Waals surface area contributed by atoms with E-state index >= 15 is 0 Å². The van der Waals surface area contributed by atoms with Crippen LogP contribution in [0.3, 0.4) is 0 Å². The predicted molar refractivity (Wildman–Crippen MR) is 72.6 cm³/mol. The van der Waals surface area contributed by atoms with Gasteiger partial charge in [-0.2, -0.15) is 0 Å². The molecule has 1 amide bonds. The van der Waals surface area contributed by atoms with Crippen LogP contribution < -0.4 is 20.3 Å². The van der Waals surface area contributed by atoms with Crippen molar-refractivity contribution in [3.05, 3.63) is 17.7 Å². The van der Waals surface area contributed by atoms with Crippen molar-refractivity contribution in [2.45, 2.75) is 25.3 Å². The van der Waals surface area contributed by atoms with E-state index in [2.05, 4.69) is 5.32 Å². The molecule has 1 aromatic carbocycles. The van der Waals surface area contributed by atoms with Crippen molar-refractivity contribution in [2.75, 3.05) is 13.7 Å². The van der Waals surface area contributed by atoms with Crippen LogP contribution in [0.25, 0.3) is 0 Å². The quantitative estimate of drug-likeness (QED) is 0.718. The zero-order chi connectivity index (χ0) is 15.4. The molecule has 1 aliphatic carbocycles. The third kappa shape index (κ3) is 4.07. The van der Waals surface area contributed by atoms with Gasteiger partial charge in [-0.1, -0.05) is 0 Å². The summed E-state index contributed by atoms with van der Waals surface area (Å²) in [5.74, 6) is -0.337. The summed E-state index contributed by atoms with van der Waals surface area (Å²) in [6.45, 7) is -0.845. The van der Waals surface area contributed by atoms with Crippen LogP contribution in [-0.4, -0.2) is 44.6 Å². The molecule has 0 aromatic heterocycles. The minimum atomic E-state index is -2.67. The summed E-state index contributed by atoms with van der Waals surface area (Å²) < 4.78 is 34.7. The van der Waals surface area contributed by atoms with Crippen molar-refractivity contribution in [3.8, 4) is 11.5 Å². The van der Waals surface area contributed by atoms with Crippen molar-refractivity contribution in [3.63, 3.8) is 0 Å². The standard InChI is InChI=1S/C13H15BF2NO4/c1-20-9-4-7(14-19)5-10(21-6-11(15)16)12(9)13(18)17-8-2-3-8/h4-5,8,11,19H,2-3,6H2,1H3,(H,17,18). The minimum absolute atomic E-state index is 0.0481. The van der Waals surface area contributed by atoms with E-state index < -0.39 is 18.9 Å². The smallest absolute Gasteiger partial charge is 0.327 e. The van der Waals surface area contributed by atoms with Gasteiger partial charge < -0.3 is 19.8 Å². The first-order chi connectivity index (χ1) is 10.0. The van der Waals surface area contributed by atoms with Gasteiger partial charge in [0.2, 0.25) is 0 Å². The fraction of sp³-hybridized carbons (Fsp3) is 0.462. The van der Waals surface area contributed by atoms with Gasteiger partial charge in [0.05, 0.1) is 7.11 Å². The summed E-state index contributed by atoms with van der Waals surface area (Å²) in [7, 11) is 2.13. The van der Waals surface area contributed by atoms with Crippen LogP contribution in [0.5, 0.6) is 11.5 Å². The molecule has 8 heteroatoms. The van der Waals surface area contributed by atoms with E-state index in [0.29, 0.717) is 5.46 Å². The van der Waals surface area contributed by atoms with Crippen LogP contribution in [0.15, 0.2) is 12.1 Å². The Morgan fingerprint density at radius 3 is 2.67 bits per heavy atom. The van der Waals surface area contributed by atoms with Gasteiger partial charge in [-0.25, -0.2) is 8.78 Å². The average molecular weight is 298 g/mol. The number of hydrogen-bond acceptors (Lipinski definition) is 4. The number of methoxy groups -OCH3 is 1. The van der Waals surface area contributed by atoms with Gasteiger partial charge in [0.25, 0.3) is 12.3 Å². The van der Waals surface area contributed by atoms with Crippen LogP contribution in [0.1, 0.15) is 23.2 Å². The first-order valence-electron chi connectivity index (χ1n) is 6.46. The Bertz CT molecular complexity index is 523. The highest BCUT2D eigenvalue weighted by Gasteiger charge is 2.28.